The number of hydrogen-bond donors (Lipinski definition) is 0. The highest BCUT2D eigenvalue weighted by Gasteiger charge is 2.28. The van der Waals surface area contributed by atoms with E-state index in [4.69, 9.17) is 0 Å². The van der Waals surface area contributed by atoms with Gasteiger partial charge in [0.1, 0.15) is 3.70 Å². The standard InChI is InChI=1S/C10H16IN3/c1-7(2)14-9(4-10(11)12-14)8-5-13(3)6-8/h4,7-8H,5-6H2,1-3H3. The van der Waals surface area contributed by atoms with Crippen LogP contribution in [0.1, 0.15) is 31.5 Å². The summed E-state index contributed by atoms with van der Waals surface area (Å²) in [5, 5.41) is 4.52. The Morgan fingerprint density at radius 1 is 1.50 bits per heavy atom. The number of likely N-dealkylation sites (N-methyl/N-ethyl adjacent to an activating group) is 1. The molecule has 0 amide bonds. The topological polar surface area (TPSA) is 21.1 Å². The highest BCUT2D eigenvalue weighted by Crippen LogP contribution is 2.28. The van der Waals surface area contributed by atoms with Gasteiger partial charge in [0.25, 0.3) is 0 Å². The van der Waals surface area contributed by atoms with Gasteiger partial charge >= 0.3 is 0 Å². The molecule has 4 heteroatoms. The minimum atomic E-state index is 0.472. The SMILES string of the molecule is CC(C)n1nc(I)cc1C1CN(C)C1. The number of likely N-dealkylation sites (tertiary alicyclic amines) is 1. The summed E-state index contributed by atoms with van der Waals surface area (Å²) >= 11 is 2.29. The first kappa shape index (κ1) is 10.4. The number of halogens is 1. The van der Waals surface area contributed by atoms with Gasteiger partial charge in [-0.3, -0.25) is 4.68 Å². The van der Waals surface area contributed by atoms with Crippen molar-refractivity contribution in [2.45, 2.75) is 25.8 Å². The minimum absolute atomic E-state index is 0.472. The van der Waals surface area contributed by atoms with E-state index in [1.54, 1.807) is 0 Å². The van der Waals surface area contributed by atoms with Gasteiger partial charge in [-0.05, 0) is 49.6 Å². The summed E-state index contributed by atoms with van der Waals surface area (Å²) in [4.78, 5) is 2.34. The molecule has 1 saturated heterocycles. The van der Waals surface area contributed by atoms with Crippen molar-refractivity contribution in [1.29, 1.82) is 0 Å². The van der Waals surface area contributed by atoms with Gasteiger partial charge in [0.05, 0.1) is 0 Å². The summed E-state index contributed by atoms with van der Waals surface area (Å²) < 4.78 is 3.28. The molecule has 2 heterocycles. The molecule has 1 aromatic rings. The normalized spacial score (nSPS) is 18.9. The van der Waals surface area contributed by atoms with Crippen LogP contribution in [-0.2, 0) is 0 Å². The maximum atomic E-state index is 4.52. The summed E-state index contributed by atoms with van der Waals surface area (Å²) in [6.45, 7) is 6.73. The Hall–Kier alpha value is -0.100. The Balaban J connectivity index is 2.23. The van der Waals surface area contributed by atoms with Gasteiger partial charge in [0, 0.05) is 30.7 Å². The first-order chi connectivity index (χ1) is 6.58. The van der Waals surface area contributed by atoms with Crippen LogP contribution in [0.15, 0.2) is 6.07 Å². The van der Waals surface area contributed by atoms with Crippen LogP contribution >= 0.6 is 22.6 Å². The molecule has 1 fully saturated rings. The zero-order valence-corrected chi connectivity index (χ0v) is 11.0. The van der Waals surface area contributed by atoms with E-state index in [1.807, 2.05) is 0 Å². The molecule has 0 unspecified atom stereocenters. The summed E-state index contributed by atoms with van der Waals surface area (Å²) in [6.07, 6.45) is 0. The lowest BCUT2D eigenvalue weighted by atomic mass is 9.97. The average Bonchev–Trinajstić information content (AvgIpc) is 2.41. The highest BCUT2D eigenvalue weighted by molar-refractivity contribution is 14.1. The lowest BCUT2D eigenvalue weighted by molar-refractivity contribution is 0.181. The minimum Gasteiger partial charge on any atom is -0.305 e. The molecule has 0 aromatic carbocycles. The van der Waals surface area contributed by atoms with Gasteiger partial charge in [-0.15, -0.1) is 0 Å². The molecule has 1 aliphatic heterocycles. The van der Waals surface area contributed by atoms with E-state index in [2.05, 4.69) is 64.2 Å². The van der Waals surface area contributed by atoms with Gasteiger partial charge in [-0.1, -0.05) is 0 Å². The maximum absolute atomic E-state index is 4.52. The molecular weight excluding hydrogens is 289 g/mol. The second kappa shape index (κ2) is 3.81. The lowest BCUT2D eigenvalue weighted by Gasteiger charge is -2.36. The highest BCUT2D eigenvalue weighted by atomic mass is 127. The van der Waals surface area contributed by atoms with Gasteiger partial charge in [-0.2, -0.15) is 5.10 Å². The molecule has 0 bridgehead atoms. The predicted octanol–water partition coefficient (Wildman–Crippen LogP) is 2.10. The average molecular weight is 305 g/mol. The van der Waals surface area contributed by atoms with Crippen molar-refractivity contribution in [3.05, 3.63) is 15.5 Å². The van der Waals surface area contributed by atoms with Crippen LogP contribution < -0.4 is 0 Å². The maximum Gasteiger partial charge on any atom is 0.123 e. The molecule has 0 N–H and O–H groups in total. The van der Waals surface area contributed by atoms with Crippen LogP contribution in [0.5, 0.6) is 0 Å². The van der Waals surface area contributed by atoms with Gasteiger partial charge in [-0.25, -0.2) is 0 Å². The van der Waals surface area contributed by atoms with E-state index in [-0.39, 0.29) is 0 Å². The Labute approximate surface area is 98.6 Å². The Morgan fingerprint density at radius 2 is 2.14 bits per heavy atom. The summed E-state index contributed by atoms with van der Waals surface area (Å²) in [5.74, 6) is 0.693. The Bertz CT molecular complexity index is 326. The number of rotatable bonds is 2. The van der Waals surface area contributed by atoms with E-state index in [0.717, 1.165) is 3.70 Å². The van der Waals surface area contributed by atoms with Gasteiger partial charge in [0.15, 0.2) is 0 Å². The van der Waals surface area contributed by atoms with E-state index in [9.17, 15) is 0 Å². The summed E-state index contributed by atoms with van der Waals surface area (Å²) in [7, 11) is 2.16. The molecule has 1 aromatic heterocycles. The van der Waals surface area contributed by atoms with Crippen LogP contribution in [0, 0.1) is 3.70 Å². The van der Waals surface area contributed by atoms with Crippen molar-refractivity contribution >= 4 is 22.6 Å². The molecule has 0 atom stereocenters. The Morgan fingerprint density at radius 3 is 2.64 bits per heavy atom. The second-order valence-corrected chi connectivity index (χ2v) is 5.45. The molecule has 3 nitrogen and oxygen atoms in total. The zero-order chi connectivity index (χ0) is 10.3. The van der Waals surface area contributed by atoms with Crippen molar-refractivity contribution in [1.82, 2.24) is 14.7 Å². The third-order valence-electron chi connectivity index (χ3n) is 2.71. The predicted molar refractivity (Wildman–Crippen MR) is 65.6 cm³/mol. The summed E-state index contributed by atoms with van der Waals surface area (Å²) in [6, 6.07) is 2.69. The van der Waals surface area contributed by atoms with Crippen molar-refractivity contribution in [2.75, 3.05) is 20.1 Å². The third kappa shape index (κ3) is 1.82. The van der Waals surface area contributed by atoms with Crippen molar-refractivity contribution in [3.63, 3.8) is 0 Å². The van der Waals surface area contributed by atoms with E-state index < -0.39 is 0 Å². The van der Waals surface area contributed by atoms with Crippen LogP contribution in [0.2, 0.25) is 0 Å². The fourth-order valence-electron chi connectivity index (χ4n) is 1.98. The number of aromatic nitrogens is 2. The molecule has 0 saturated carbocycles. The number of nitrogens with zero attached hydrogens (tertiary/aromatic N) is 3. The molecule has 0 radical (unpaired) electrons. The smallest absolute Gasteiger partial charge is 0.123 e. The van der Waals surface area contributed by atoms with E-state index >= 15 is 0 Å². The summed E-state index contributed by atoms with van der Waals surface area (Å²) in [5.41, 5.74) is 1.41. The largest absolute Gasteiger partial charge is 0.305 e. The molecular formula is C10H16IN3. The molecule has 2 rings (SSSR count). The Kier molecular flexibility index (Phi) is 2.83. The molecule has 1 aliphatic rings. The monoisotopic (exact) mass is 305 g/mol. The van der Waals surface area contributed by atoms with Gasteiger partial charge < -0.3 is 4.90 Å². The first-order valence-corrected chi connectivity index (χ1v) is 6.09. The fraction of sp³-hybridized carbons (Fsp3) is 0.700. The van der Waals surface area contributed by atoms with Crippen LogP contribution in [0.3, 0.4) is 0 Å². The van der Waals surface area contributed by atoms with Crippen molar-refractivity contribution in [2.24, 2.45) is 0 Å². The van der Waals surface area contributed by atoms with Gasteiger partial charge in [0.2, 0.25) is 0 Å². The molecule has 0 aliphatic carbocycles. The molecule has 14 heavy (non-hydrogen) atoms. The van der Waals surface area contributed by atoms with Crippen molar-refractivity contribution in [3.8, 4) is 0 Å². The zero-order valence-electron chi connectivity index (χ0n) is 8.87. The number of hydrogen-bond acceptors (Lipinski definition) is 2. The van der Waals surface area contributed by atoms with E-state index in [0.29, 0.717) is 12.0 Å². The van der Waals surface area contributed by atoms with Crippen LogP contribution in [0.4, 0.5) is 0 Å². The third-order valence-corrected chi connectivity index (χ3v) is 3.23. The quantitative estimate of drug-likeness (QED) is 0.780. The van der Waals surface area contributed by atoms with Crippen LogP contribution in [0.25, 0.3) is 0 Å². The molecule has 0 spiro atoms. The van der Waals surface area contributed by atoms with Crippen molar-refractivity contribution < 1.29 is 0 Å². The lowest BCUT2D eigenvalue weighted by Crippen LogP contribution is -2.42. The molecule has 78 valence electrons. The van der Waals surface area contributed by atoms with Crippen LogP contribution in [-0.4, -0.2) is 34.8 Å². The second-order valence-electron chi connectivity index (χ2n) is 4.35. The van der Waals surface area contributed by atoms with E-state index in [1.165, 1.54) is 18.8 Å². The fourth-order valence-corrected chi connectivity index (χ4v) is 2.53. The first-order valence-electron chi connectivity index (χ1n) is 5.01.